The maximum Gasteiger partial charge on any atom is 0.156 e. The van der Waals surface area contributed by atoms with Crippen LogP contribution in [0.25, 0.3) is 0 Å². The SMILES string of the molecule is CCCN=C(NN)c1cnns1. The lowest BCUT2D eigenvalue weighted by molar-refractivity contribution is 0.909. The molecule has 0 spiro atoms. The molecule has 12 heavy (non-hydrogen) atoms. The Morgan fingerprint density at radius 2 is 2.67 bits per heavy atom. The Kier molecular flexibility index (Phi) is 3.62. The van der Waals surface area contributed by atoms with Crippen LogP contribution in [-0.4, -0.2) is 22.0 Å². The summed E-state index contributed by atoms with van der Waals surface area (Å²) in [6, 6.07) is 0. The Hall–Kier alpha value is -1.01. The lowest BCUT2D eigenvalue weighted by atomic mass is 10.4. The Morgan fingerprint density at radius 1 is 1.83 bits per heavy atom. The van der Waals surface area contributed by atoms with Gasteiger partial charge >= 0.3 is 0 Å². The molecule has 0 radical (unpaired) electrons. The minimum atomic E-state index is 0.659. The molecule has 3 N–H and O–H groups in total. The van der Waals surface area contributed by atoms with E-state index in [9.17, 15) is 0 Å². The van der Waals surface area contributed by atoms with Gasteiger partial charge in [-0.05, 0) is 18.0 Å². The molecule has 0 saturated carbocycles. The van der Waals surface area contributed by atoms with Gasteiger partial charge in [-0.2, -0.15) is 0 Å². The number of nitrogens with two attached hydrogens (primary N) is 1. The Balaban J connectivity index is 2.69. The minimum Gasteiger partial charge on any atom is -0.307 e. The van der Waals surface area contributed by atoms with Crippen molar-refractivity contribution in [1.82, 2.24) is 15.0 Å². The lowest BCUT2D eigenvalue weighted by Crippen LogP contribution is -2.30. The zero-order valence-electron chi connectivity index (χ0n) is 6.82. The van der Waals surface area contributed by atoms with E-state index >= 15 is 0 Å². The monoisotopic (exact) mass is 185 g/mol. The van der Waals surface area contributed by atoms with E-state index in [2.05, 4.69) is 26.9 Å². The lowest BCUT2D eigenvalue weighted by Gasteiger charge is -1.99. The van der Waals surface area contributed by atoms with Crippen LogP contribution in [0, 0.1) is 0 Å². The van der Waals surface area contributed by atoms with Crippen molar-refractivity contribution in [2.45, 2.75) is 13.3 Å². The summed E-state index contributed by atoms with van der Waals surface area (Å²) in [5, 5.41) is 3.69. The van der Waals surface area contributed by atoms with E-state index in [4.69, 9.17) is 5.84 Å². The van der Waals surface area contributed by atoms with Crippen LogP contribution < -0.4 is 11.3 Å². The van der Waals surface area contributed by atoms with E-state index in [1.807, 2.05) is 0 Å². The molecule has 0 aliphatic heterocycles. The van der Waals surface area contributed by atoms with Crippen molar-refractivity contribution in [1.29, 1.82) is 0 Å². The zero-order valence-corrected chi connectivity index (χ0v) is 7.64. The molecule has 1 aromatic heterocycles. The third-order valence-corrected chi connectivity index (χ3v) is 1.90. The summed E-state index contributed by atoms with van der Waals surface area (Å²) >= 11 is 1.27. The maximum absolute atomic E-state index is 5.28. The van der Waals surface area contributed by atoms with E-state index < -0.39 is 0 Å². The second-order valence-electron chi connectivity index (χ2n) is 2.16. The Morgan fingerprint density at radius 3 is 3.17 bits per heavy atom. The number of hydrogen-bond acceptors (Lipinski definition) is 5. The molecule has 66 valence electrons. The van der Waals surface area contributed by atoms with Crippen LogP contribution in [-0.2, 0) is 0 Å². The van der Waals surface area contributed by atoms with E-state index in [1.165, 1.54) is 11.5 Å². The zero-order chi connectivity index (χ0) is 8.81. The van der Waals surface area contributed by atoms with Crippen molar-refractivity contribution in [2.24, 2.45) is 10.8 Å². The summed E-state index contributed by atoms with van der Waals surface area (Å²) in [5.74, 6) is 5.93. The number of aliphatic imine (C=N–C) groups is 1. The first-order valence-corrected chi connectivity index (χ1v) is 4.44. The van der Waals surface area contributed by atoms with Crippen LogP contribution in [0.5, 0.6) is 0 Å². The highest BCUT2D eigenvalue weighted by Gasteiger charge is 2.02. The van der Waals surface area contributed by atoms with Crippen LogP contribution >= 0.6 is 11.5 Å². The molecule has 0 saturated heterocycles. The first-order valence-electron chi connectivity index (χ1n) is 3.67. The first-order chi connectivity index (χ1) is 5.88. The second-order valence-corrected chi connectivity index (χ2v) is 2.94. The summed E-state index contributed by atoms with van der Waals surface area (Å²) in [4.78, 5) is 5.08. The van der Waals surface area contributed by atoms with Gasteiger partial charge in [0.05, 0.1) is 6.20 Å². The number of amidine groups is 1. The highest BCUT2D eigenvalue weighted by atomic mass is 32.1. The van der Waals surface area contributed by atoms with Gasteiger partial charge in [-0.1, -0.05) is 11.4 Å². The second kappa shape index (κ2) is 4.78. The molecule has 0 fully saturated rings. The molecular formula is C6H11N5S. The largest absolute Gasteiger partial charge is 0.307 e. The Bertz CT molecular complexity index is 242. The van der Waals surface area contributed by atoms with E-state index in [-0.39, 0.29) is 0 Å². The summed E-state index contributed by atoms with van der Waals surface area (Å²) < 4.78 is 3.71. The smallest absolute Gasteiger partial charge is 0.156 e. The molecule has 6 heteroatoms. The fourth-order valence-electron chi connectivity index (χ4n) is 0.690. The van der Waals surface area contributed by atoms with Gasteiger partial charge in [0, 0.05) is 6.54 Å². The number of hydrogen-bond donors (Lipinski definition) is 2. The van der Waals surface area contributed by atoms with Crippen molar-refractivity contribution in [3.63, 3.8) is 0 Å². The van der Waals surface area contributed by atoms with Crippen LogP contribution in [0.3, 0.4) is 0 Å². The molecule has 0 unspecified atom stereocenters. The predicted octanol–water partition coefficient (Wildman–Crippen LogP) is 0.158. The third kappa shape index (κ3) is 2.24. The molecule has 1 aromatic rings. The molecule has 1 rings (SSSR count). The highest BCUT2D eigenvalue weighted by Crippen LogP contribution is 2.01. The minimum absolute atomic E-state index is 0.659. The average molecular weight is 185 g/mol. The molecule has 0 aliphatic carbocycles. The first kappa shape index (κ1) is 9.08. The normalized spacial score (nSPS) is 11.7. The van der Waals surface area contributed by atoms with E-state index in [0.717, 1.165) is 17.8 Å². The molecule has 0 bridgehead atoms. The third-order valence-electron chi connectivity index (χ3n) is 1.22. The van der Waals surface area contributed by atoms with Gasteiger partial charge in [0.2, 0.25) is 0 Å². The van der Waals surface area contributed by atoms with Crippen molar-refractivity contribution >= 4 is 17.4 Å². The van der Waals surface area contributed by atoms with Crippen molar-refractivity contribution < 1.29 is 0 Å². The highest BCUT2D eigenvalue weighted by molar-refractivity contribution is 7.07. The summed E-state index contributed by atoms with van der Waals surface area (Å²) in [6.45, 7) is 2.82. The molecule has 0 aromatic carbocycles. The van der Waals surface area contributed by atoms with Gasteiger partial charge in [-0.15, -0.1) is 5.10 Å². The van der Waals surface area contributed by atoms with Gasteiger partial charge in [0.15, 0.2) is 5.84 Å². The summed E-state index contributed by atoms with van der Waals surface area (Å²) in [5.41, 5.74) is 2.52. The quantitative estimate of drug-likeness (QED) is 0.304. The van der Waals surface area contributed by atoms with Crippen LogP contribution in [0.4, 0.5) is 0 Å². The van der Waals surface area contributed by atoms with Crippen molar-refractivity contribution in [2.75, 3.05) is 6.54 Å². The number of hydrazine groups is 1. The van der Waals surface area contributed by atoms with Gasteiger partial charge in [-0.3, -0.25) is 4.99 Å². The average Bonchev–Trinajstić information content (AvgIpc) is 2.59. The van der Waals surface area contributed by atoms with Gasteiger partial charge in [-0.25, -0.2) is 5.84 Å². The van der Waals surface area contributed by atoms with Crippen LogP contribution in [0.15, 0.2) is 11.2 Å². The number of rotatable bonds is 3. The van der Waals surface area contributed by atoms with E-state index in [1.54, 1.807) is 6.20 Å². The van der Waals surface area contributed by atoms with Crippen LogP contribution in [0.2, 0.25) is 0 Å². The number of nitrogens with one attached hydrogen (secondary N) is 1. The van der Waals surface area contributed by atoms with Gasteiger partial charge in [0.1, 0.15) is 4.88 Å². The predicted molar refractivity (Wildman–Crippen MR) is 48.9 cm³/mol. The fraction of sp³-hybridized carbons (Fsp3) is 0.500. The summed E-state index contributed by atoms with van der Waals surface area (Å²) in [7, 11) is 0. The van der Waals surface area contributed by atoms with Gasteiger partial charge < -0.3 is 5.43 Å². The fourth-order valence-corrected chi connectivity index (χ4v) is 1.18. The molecule has 5 nitrogen and oxygen atoms in total. The van der Waals surface area contributed by atoms with Gasteiger partial charge in [0.25, 0.3) is 0 Å². The molecule has 0 amide bonds. The molecule has 1 heterocycles. The van der Waals surface area contributed by atoms with E-state index in [0.29, 0.717) is 5.84 Å². The maximum atomic E-state index is 5.28. The number of aromatic nitrogens is 2. The molecular weight excluding hydrogens is 174 g/mol. The standard InChI is InChI=1S/C6H11N5S/c1-2-3-8-6(10-7)5-4-9-11-12-5/h4H,2-3,7H2,1H3,(H,8,10). The van der Waals surface area contributed by atoms with Crippen LogP contribution in [0.1, 0.15) is 18.2 Å². The van der Waals surface area contributed by atoms with Crippen molar-refractivity contribution in [3.8, 4) is 0 Å². The summed E-state index contributed by atoms with van der Waals surface area (Å²) in [6.07, 6.45) is 2.64. The molecule has 0 aliphatic rings. The molecule has 0 atom stereocenters. The topological polar surface area (TPSA) is 76.2 Å². The Labute approximate surface area is 74.8 Å². The number of nitrogens with zero attached hydrogens (tertiary/aromatic N) is 3. The van der Waals surface area contributed by atoms with Crippen molar-refractivity contribution in [3.05, 3.63) is 11.1 Å².